The lowest BCUT2D eigenvalue weighted by atomic mass is 9.82. The Morgan fingerprint density at radius 1 is 1.03 bits per heavy atom. The predicted molar refractivity (Wildman–Crippen MR) is 119 cm³/mol. The lowest BCUT2D eigenvalue weighted by Gasteiger charge is -2.28. The van der Waals surface area contributed by atoms with Crippen LogP contribution in [0.2, 0.25) is 5.15 Å². The van der Waals surface area contributed by atoms with Crippen LogP contribution in [0.3, 0.4) is 0 Å². The average molecular weight is 412 g/mol. The van der Waals surface area contributed by atoms with Crippen LogP contribution in [0.5, 0.6) is 5.75 Å². The number of rotatable bonds is 1. The zero-order chi connectivity index (χ0) is 21.0. The highest BCUT2D eigenvalue weighted by atomic mass is 35.5. The number of nitrogens with zero attached hydrogens (tertiary/aromatic N) is 2. The molecule has 0 amide bonds. The smallest absolute Gasteiger partial charge is 0.205 e. The number of aryl methyl sites for hydroxylation is 2. The van der Waals surface area contributed by atoms with Gasteiger partial charge in [-0.3, -0.25) is 0 Å². The summed E-state index contributed by atoms with van der Waals surface area (Å²) >= 11 is 6.67. The van der Waals surface area contributed by atoms with Gasteiger partial charge in [-0.05, 0) is 42.5 Å². The first-order chi connectivity index (χ1) is 14.5. The highest BCUT2D eigenvalue weighted by molar-refractivity contribution is 6.30. The number of ether oxygens (including phenoxy) is 1. The summed E-state index contributed by atoms with van der Waals surface area (Å²) in [6, 6.07) is 20.3. The summed E-state index contributed by atoms with van der Waals surface area (Å²) < 4.78 is 5.94. The van der Waals surface area contributed by atoms with Gasteiger partial charge in [0.1, 0.15) is 22.5 Å². The van der Waals surface area contributed by atoms with E-state index in [1.165, 1.54) is 0 Å². The minimum Gasteiger partial charge on any atom is -0.440 e. The van der Waals surface area contributed by atoms with Gasteiger partial charge in [-0.2, -0.15) is 5.26 Å². The Kier molecular flexibility index (Phi) is 4.16. The minimum absolute atomic E-state index is 0.100. The highest BCUT2D eigenvalue weighted by Gasteiger charge is 2.33. The van der Waals surface area contributed by atoms with Crippen LogP contribution >= 0.6 is 11.6 Å². The summed E-state index contributed by atoms with van der Waals surface area (Å²) in [4.78, 5) is 4.65. The normalized spacial score (nSPS) is 15.7. The number of pyridine rings is 1. The van der Waals surface area contributed by atoms with E-state index in [-0.39, 0.29) is 5.88 Å². The lowest BCUT2D eigenvalue weighted by Crippen LogP contribution is -2.21. The van der Waals surface area contributed by atoms with Gasteiger partial charge in [0.05, 0.1) is 11.4 Å². The summed E-state index contributed by atoms with van der Waals surface area (Å²) in [6.07, 6.45) is 0. The molecule has 2 heterocycles. The fourth-order valence-corrected chi connectivity index (χ4v) is 4.59. The van der Waals surface area contributed by atoms with Gasteiger partial charge < -0.3 is 10.5 Å². The van der Waals surface area contributed by atoms with Crippen molar-refractivity contribution in [1.29, 1.82) is 5.26 Å². The van der Waals surface area contributed by atoms with E-state index in [1.807, 2.05) is 55.5 Å². The third-order valence-electron chi connectivity index (χ3n) is 5.68. The molecule has 3 aromatic carbocycles. The standard InChI is InChI=1S/C25H18ClN3O/c1-13-9-14(2)18-11-19(24(26)29-21(18)10-13)22-17-8-7-15-5-3-4-6-16(15)23(17)30-25(28)20(22)12-27/h3-11,22H,28H2,1-2H3/t22-/m1/s1. The minimum atomic E-state index is -0.451. The first-order valence-electron chi connectivity index (χ1n) is 9.64. The zero-order valence-corrected chi connectivity index (χ0v) is 17.3. The van der Waals surface area contributed by atoms with E-state index in [9.17, 15) is 5.26 Å². The molecule has 1 aliphatic heterocycles. The Morgan fingerprint density at radius 2 is 1.83 bits per heavy atom. The lowest BCUT2D eigenvalue weighted by molar-refractivity contribution is 0.398. The molecule has 30 heavy (non-hydrogen) atoms. The Hall–Kier alpha value is -3.55. The summed E-state index contributed by atoms with van der Waals surface area (Å²) in [6.45, 7) is 4.09. The molecule has 0 aliphatic carbocycles. The quantitative estimate of drug-likeness (QED) is 0.397. The van der Waals surface area contributed by atoms with E-state index in [4.69, 9.17) is 22.1 Å². The van der Waals surface area contributed by atoms with Crippen molar-refractivity contribution in [1.82, 2.24) is 4.98 Å². The Bertz CT molecular complexity index is 1430. The van der Waals surface area contributed by atoms with Crippen LogP contribution < -0.4 is 10.5 Å². The number of halogens is 1. The molecule has 0 unspecified atom stereocenters. The second-order valence-electron chi connectivity index (χ2n) is 7.65. The van der Waals surface area contributed by atoms with Crippen LogP contribution in [-0.2, 0) is 0 Å². The summed E-state index contributed by atoms with van der Waals surface area (Å²) in [7, 11) is 0. The van der Waals surface area contributed by atoms with Crippen LogP contribution in [0.1, 0.15) is 28.2 Å². The van der Waals surface area contributed by atoms with Crippen LogP contribution in [0.25, 0.3) is 21.7 Å². The number of benzene rings is 3. The molecule has 0 radical (unpaired) electrons. The van der Waals surface area contributed by atoms with E-state index in [2.05, 4.69) is 24.0 Å². The molecular weight excluding hydrogens is 394 g/mol. The van der Waals surface area contributed by atoms with Crippen LogP contribution in [0.4, 0.5) is 0 Å². The summed E-state index contributed by atoms with van der Waals surface area (Å²) in [5.41, 5.74) is 11.2. The van der Waals surface area contributed by atoms with Gasteiger partial charge in [0, 0.05) is 21.9 Å². The van der Waals surface area contributed by atoms with E-state index >= 15 is 0 Å². The third kappa shape index (κ3) is 2.71. The van der Waals surface area contributed by atoms with Gasteiger partial charge in [-0.25, -0.2) is 4.98 Å². The molecule has 1 aromatic heterocycles. The number of allylic oxidation sites excluding steroid dienone is 1. The predicted octanol–water partition coefficient (Wildman–Crippen LogP) is 5.88. The molecule has 4 aromatic rings. The maximum atomic E-state index is 9.90. The molecule has 0 saturated heterocycles. The molecule has 0 saturated carbocycles. The molecule has 0 bridgehead atoms. The fourth-order valence-electron chi connectivity index (χ4n) is 4.33. The number of hydrogen-bond donors (Lipinski definition) is 1. The topological polar surface area (TPSA) is 71.9 Å². The molecule has 5 heteroatoms. The van der Waals surface area contributed by atoms with Crippen LogP contribution in [0, 0.1) is 25.2 Å². The number of aromatic nitrogens is 1. The Balaban J connectivity index is 1.83. The fraction of sp³-hybridized carbons (Fsp3) is 0.120. The van der Waals surface area contributed by atoms with Crippen LogP contribution in [0.15, 0.2) is 66.1 Å². The SMILES string of the molecule is Cc1cc(C)c2cc([C@@H]3C(C#N)=C(N)Oc4c3ccc3ccccc43)c(Cl)nc2c1. The van der Waals surface area contributed by atoms with Gasteiger partial charge in [-0.1, -0.05) is 54.1 Å². The van der Waals surface area contributed by atoms with Gasteiger partial charge >= 0.3 is 0 Å². The van der Waals surface area contributed by atoms with Gasteiger partial charge in [0.25, 0.3) is 0 Å². The number of fused-ring (bicyclic) bond motifs is 4. The molecule has 5 rings (SSSR count). The first kappa shape index (κ1) is 18.5. The number of nitriles is 1. The molecule has 2 N–H and O–H groups in total. The van der Waals surface area contributed by atoms with Crippen molar-refractivity contribution in [3.63, 3.8) is 0 Å². The maximum Gasteiger partial charge on any atom is 0.205 e. The third-order valence-corrected chi connectivity index (χ3v) is 5.99. The molecular formula is C25H18ClN3O. The Morgan fingerprint density at radius 3 is 2.63 bits per heavy atom. The average Bonchev–Trinajstić information content (AvgIpc) is 2.72. The van der Waals surface area contributed by atoms with E-state index < -0.39 is 5.92 Å². The van der Waals surface area contributed by atoms with E-state index in [0.29, 0.717) is 16.5 Å². The summed E-state index contributed by atoms with van der Waals surface area (Å²) in [5.74, 6) is 0.308. The van der Waals surface area contributed by atoms with Gasteiger partial charge in [0.2, 0.25) is 5.88 Å². The second kappa shape index (κ2) is 6.76. The van der Waals surface area contributed by atoms with E-state index in [1.54, 1.807) is 0 Å². The largest absolute Gasteiger partial charge is 0.440 e. The maximum absolute atomic E-state index is 9.90. The molecule has 4 nitrogen and oxygen atoms in total. The number of nitrogens with two attached hydrogens (primary N) is 1. The van der Waals surface area contributed by atoms with Crippen molar-refractivity contribution in [2.45, 2.75) is 19.8 Å². The molecule has 0 spiro atoms. The first-order valence-corrected chi connectivity index (χ1v) is 10.0. The second-order valence-corrected chi connectivity index (χ2v) is 8.00. The molecule has 0 fully saturated rings. The summed E-state index contributed by atoms with van der Waals surface area (Å²) in [5, 5.41) is 13.2. The highest BCUT2D eigenvalue weighted by Crippen LogP contribution is 2.47. The van der Waals surface area contributed by atoms with Crippen molar-refractivity contribution in [2.75, 3.05) is 0 Å². The zero-order valence-electron chi connectivity index (χ0n) is 16.5. The van der Waals surface area contributed by atoms with Gasteiger partial charge in [0.15, 0.2) is 0 Å². The van der Waals surface area contributed by atoms with Crippen molar-refractivity contribution < 1.29 is 4.74 Å². The molecule has 146 valence electrons. The molecule has 1 atom stereocenters. The number of hydrogen-bond acceptors (Lipinski definition) is 4. The van der Waals surface area contributed by atoms with E-state index in [0.717, 1.165) is 43.9 Å². The van der Waals surface area contributed by atoms with Crippen molar-refractivity contribution in [3.8, 4) is 11.8 Å². The van der Waals surface area contributed by atoms with Crippen LogP contribution in [-0.4, -0.2) is 4.98 Å². The van der Waals surface area contributed by atoms with Crippen molar-refractivity contribution in [2.24, 2.45) is 5.73 Å². The van der Waals surface area contributed by atoms with Crippen molar-refractivity contribution in [3.05, 3.63) is 93.5 Å². The Labute approximate surface area is 179 Å². The van der Waals surface area contributed by atoms with Gasteiger partial charge in [-0.15, -0.1) is 0 Å². The van der Waals surface area contributed by atoms with Crippen molar-refractivity contribution >= 4 is 33.3 Å². The molecule has 1 aliphatic rings. The monoisotopic (exact) mass is 411 g/mol.